The molecule has 0 spiro atoms. The lowest BCUT2D eigenvalue weighted by Crippen LogP contribution is -2.06. The molecule has 2 aromatic rings. The zero-order valence-corrected chi connectivity index (χ0v) is 10.6. The van der Waals surface area contributed by atoms with E-state index in [1.807, 2.05) is 0 Å². The third kappa shape index (κ3) is 1.99. The summed E-state index contributed by atoms with van der Waals surface area (Å²) in [5.41, 5.74) is 14.8. The van der Waals surface area contributed by atoms with Crippen LogP contribution >= 0.6 is 0 Å². The number of fused-ring (bicyclic) bond motifs is 1. The zero-order valence-electron chi connectivity index (χ0n) is 10.6. The maximum Gasteiger partial charge on any atom is 0.228 e. The van der Waals surface area contributed by atoms with Gasteiger partial charge < -0.3 is 16.8 Å². The number of anilines is 3. The highest BCUT2D eigenvalue weighted by Crippen LogP contribution is 2.26. The molecular formula is C15H13N3O2. The molecule has 0 saturated carbocycles. The van der Waals surface area contributed by atoms with E-state index in [0.29, 0.717) is 28.9 Å². The Morgan fingerprint density at radius 2 is 1.90 bits per heavy atom. The number of nitrogens with one attached hydrogen (secondary N) is 1. The first-order chi connectivity index (χ1) is 9.54. The number of carbonyl (C=O) groups is 2. The van der Waals surface area contributed by atoms with Crippen LogP contribution in [0.3, 0.4) is 0 Å². The maximum absolute atomic E-state index is 12.4. The quantitative estimate of drug-likeness (QED) is 0.568. The molecule has 5 heteroatoms. The molecule has 5 N–H and O–H groups in total. The van der Waals surface area contributed by atoms with Crippen LogP contribution in [0, 0.1) is 0 Å². The van der Waals surface area contributed by atoms with Crippen molar-refractivity contribution >= 4 is 28.8 Å². The van der Waals surface area contributed by atoms with Gasteiger partial charge in [0.25, 0.3) is 0 Å². The Morgan fingerprint density at radius 1 is 1.10 bits per heavy atom. The number of nitrogen functional groups attached to an aromatic ring is 2. The molecule has 0 radical (unpaired) electrons. The molecule has 1 aliphatic heterocycles. The van der Waals surface area contributed by atoms with E-state index in [1.165, 1.54) is 0 Å². The molecule has 0 saturated heterocycles. The Labute approximate surface area is 115 Å². The molecule has 0 bridgehead atoms. The van der Waals surface area contributed by atoms with Gasteiger partial charge in [0.05, 0.1) is 6.42 Å². The molecule has 5 nitrogen and oxygen atoms in total. The Hall–Kier alpha value is -2.82. The lowest BCUT2D eigenvalue weighted by Gasteiger charge is -2.07. The van der Waals surface area contributed by atoms with Gasteiger partial charge in [0, 0.05) is 28.2 Å². The van der Waals surface area contributed by atoms with E-state index < -0.39 is 0 Å². The average molecular weight is 267 g/mol. The van der Waals surface area contributed by atoms with E-state index in [0.717, 1.165) is 11.3 Å². The van der Waals surface area contributed by atoms with Gasteiger partial charge >= 0.3 is 0 Å². The molecule has 0 unspecified atom stereocenters. The summed E-state index contributed by atoms with van der Waals surface area (Å²) in [6, 6.07) is 9.96. The number of hydrogen-bond donors (Lipinski definition) is 3. The van der Waals surface area contributed by atoms with Gasteiger partial charge in [-0.15, -0.1) is 0 Å². The Bertz CT molecular complexity index is 738. The van der Waals surface area contributed by atoms with Crippen molar-refractivity contribution in [1.82, 2.24) is 0 Å². The van der Waals surface area contributed by atoms with E-state index in [1.54, 1.807) is 36.4 Å². The molecule has 1 heterocycles. The minimum Gasteiger partial charge on any atom is -0.399 e. The SMILES string of the molecule is Nc1ccc(C(=O)c2ccc3c(c2)CC(=O)N3)c(N)c1. The first-order valence-corrected chi connectivity index (χ1v) is 6.17. The van der Waals surface area contributed by atoms with E-state index in [4.69, 9.17) is 11.5 Å². The topological polar surface area (TPSA) is 98.2 Å². The molecule has 3 rings (SSSR count). The number of benzene rings is 2. The summed E-state index contributed by atoms with van der Waals surface area (Å²) in [4.78, 5) is 23.7. The van der Waals surface area contributed by atoms with E-state index in [-0.39, 0.29) is 11.7 Å². The molecule has 1 amide bonds. The summed E-state index contributed by atoms with van der Waals surface area (Å²) in [5.74, 6) is -0.235. The number of ketones is 1. The standard InChI is InChI=1S/C15H13N3O2/c16-10-2-3-11(12(17)7-10)15(20)8-1-4-13-9(5-8)6-14(19)18-13/h1-5,7H,6,16-17H2,(H,18,19). The van der Waals surface area contributed by atoms with Crippen molar-refractivity contribution in [2.75, 3.05) is 16.8 Å². The van der Waals surface area contributed by atoms with Crippen LogP contribution in [-0.2, 0) is 11.2 Å². The first kappa shape index (κ1) is 12.2. The molecule has 100 valence electrons. The number of hydrogen-bond acceptors (Lipinski definition) is 4. The largest absolute Gasteiger partial charge is 0.399 e. The summed E-state index contributed by atoms with van der Waals surface area (Å²) >= 11 is 0. The number of nitrogens with two attached hydrogens (primary N) is 2. The van der Waals surface area contributed by atoms with Gasteiger partial charge in [-0.3, -0.25) is 9.59 Å². The van der Waals surface area contributed by atoms with Gasteiger partial charge in [-0.25, -0.2) is 0 Å². The van der Waals surface area contributed by atoms with Crippen LogP contribution in [-0.4, -0.2) is 11.7 Å². The Balaban J connectivity index is 1.99. The third-order valence-electron chi connectivity index (χ3n) is 3.31. The van der Waals surface area contributed by atoms with Crippen molar-refractivity contribution in [3.63, 3.8) is 0 Å². The molecule has 2 aromatic carbocycles. The molecule has 0 aliphatic carbocycles. The molecule has 1 aliphatic rings. The molecule has 20 heavy (non-hydrogen) atoms. The Morgan fingerprint density at radius 3 is 2.65 bits per heavy atom. The maximum atomic E-state index is 12.4. The lowest BCUT2D eigenvalue weighted by atomic mass is 9.99. The fourth-order valence-corrected chi connectivity index (χ4v) is 2.31. The second kappa shape index (κ2) is 4.38. The minimum atomic E-state index is -0.176. The lowest BCUT2D eigenvalue weighted by molar-refractivity contribution is -0.115. The third-order valence-corrected chi connectivity index (χ3v) is 3.31. The smallest absolute Gasteiger partial charge is 0.228 e. The van der Waals surface area contributed by atoms with E-state index in [2.05, 4.69) is 5.32 Å². The van der Waals surface area contributed by atoms with Gasteiger partial charge in [0.1, 0.15) is 0 Å². The second-order valence-corrected chi connectivity index (χ2v) is 4.77. The van der Waals surface area contributed by atoms with Crippen LogP contribution in [0.2, 0.25) is 0 Å². The van der Waals surface area contributed by atoms with E-state index in [9.17, 15) is 9.59 Å². The van der Waals surface area contributed by atoms with E-state index >= 15 is 0 Å². The van der Waals surface area contributed by atoms with Crippen molar-refractivity contribution < 1.29 is 9.59 Å². The summed E-state index contributed by atoms with van der Waals surface area (Å²) < 4.78 is 0. The summed E-state index contributed by atoms with van der Waals surface area (Å²) in [6.07, 6.45) is 0.299. The van der Waals surface area contributed by atoms with Crippen LogP contribution in [0.1, 0.15) is 21.5 Å². The predicted molar refractivity (Wildman–Crippen MR) is 77.5 cm³/mol. The van der Waals surface area contributed by atoms with Crippen molar-refractivity contribution in [2.45, 2.75) is 6.42 Å². The fraction of sp³-hybridized carbons (Fsp3) is 0.0667. The Kier molecular flexibility index (Phi) is 2.68. The van der Waals surface area contributed by atoms with Gasteiger partial charge in [0.2, 0.25) is 5.91 Å². The monoisotopic (exact) mass is 267 g/mol. The number of rotatable bonds is 2. The van der Waals surface area contributed by atoms with Crippen LogP contribution in [0.15, 0.2) is 36.4 Å². The summed E-state index contributed by atoms with van der Waals surface area (Å²) in [7, 11) is 0. The number of amides is 1. The van der Waals surface area contributed by atoms with Crippen molar-refractivity contribution in [3.8, 4) is 0 Å². The van der Waals surface area contributed by atoms with Gasteiger partial charge in [0.15, 0.2) is 5.78 Å². The number of carbonyl (C=O) groups excluding carboxylic acids is 2. The minimum absolute atomic E-state index is 0.0587. The van der Waals surface area contributed by atoms with Crippen LogP contribution in [0.4, 0.5) is 17.1 Å². The van der Waals surface area contributed by atoms with Crippen molar-refractivity contribution in [2.24, 2.45) is 0 Å². The van der Waals surface area contributed by atoms with Crippen LogP contribution in [0.25, 0.3) is 0 Å². The van der Waals surface area contributed by atoms with Crippen molar-refractivity contribution in [1.29, 1.82) is 0 Å². The highest BCUT2D eigenvalue weighted by Gasteiger charge is 2.20. The molecule has 0 atom stereocenters. The predicted octanol–water partition coefficient (Wildman–Crippen LogP) is 1.58. The van der Waals surface area contributed by atoms with Gasteiger partial charge in [-0.2, -0.15) is 0 Å². The molecule has 0 aromatic heterocycles. The van der Waals surface area contributed by atoms with Crippen LogP contribution < -0.4 is 16.8 Å². The first-order valence-electron chi connectivity index (χ1n) is 6.17. The molecule has 0 fully saturated rings. The average Bonchev–Trinajstić information content (AvgIpc) is 2.77. The fourth-order valence-electron chi connectivity index (χ4n) is 2.31. The van der Waals surface area contributed by atoms with Crippen molar-refractivity contribution in [3.05, 3.63) is 53.1 Å². The van der Waals surface area contributed by atoms with Gasteiger partial charge in [-0.1, -0.05) is 0 Å². The summed E-state index contributed by atoms with van der Waals surface area (Å²) in [5, 5.41) is 2.73. The second-order valence-electron chi connectivity index (χ2n) is 4.77. The molecular weight excluding hydrogens is 254 g/mol. The summed E-state index contributed by atoms with van der Waals surface area (Å²) in [6.45, 7) is 0. The van der Waals surface area contributed by atoms with Crippen LogP contribution in [0.5, 0.6) is 0 Å². The highest BCUT2D eigenvalue weighted by molar-refractivity contribution is 6.13. The van der Waals surface area contributed by atoms with Gasteiger partial charge in [-0.05, 0) is 42.0 Å². The zero-order chi connectivity index (χ0) is 14.3. The normalized spacial score (nSPS) is 12.9. The highest BCUT2D eigenvalue weighted by atomic mass is 16.1.